The van der Waals surface area contributed by atoms with Crippen LogP contribution in [-0.4, -0.2) is 38.6 Å². The molecule has 0 atom stereocenters. The smallest absolute Gasteiger partial charge is 0.0474 e. The molecule has 10 heavy (non-hydrogen) atoms. The maximum absolute atomic E-state index is 8.15. The Hall–Kier alpha value is -0.160. The first-order valence-corrected chi connectivity index (χ1v) is 3.48. The van der Waals surface area contributed by atoms with E-state index < -0.39 is 0 Å². The first-order chi connectivity index (χ1) is 4.91. The highest BCUT2D eigenvalue weighted by atomic mass is 16.5. The third-order valence-corrected chi connectivity index (χ3v) is 1.12. The quantitative estimate of drug-likeness (QED) is 0.339. The van der Waals surface area contributed by atoms with Crippen LogP contribution in [0.15, 0.2) is 0 Å². The van der Waals surface area contributed by atoms with Crippen LogP contribution in [0.1, 0.15) is 6.42 Å². The van der Waals surface area contributed by atoms with Gasteiger partial charge >= 0.3 is 0 Å². The molecule has 0 aromatic rings. The molecule has 0 fully saturated rings. The van der Waals surface area contributed by atoms with E-state index in [-0.39, 0.29) is 0 Å². The van der Waals surface area contributed by atoms with Crippen molar-refractivity contribution in [3.05, 3.63) is 0 Å². The summed E-state index contributed by atoms with van der Waals surface area (Å²) in [5, 5.41) is 11.3. The molecule has 0 heterocycles. The summed E-state index contributed by atoms with van der Waals surface area (Å²) in [5.41, 5.74) is 2.06. The largest absolute Gasteiger partial charge is 0.385 e. The lowest BCUT2D eigenvalue weighted by Gasteiger charge is -2.01. The number of rotatable bonds is 7. The Labute approximate surface area is 61.5 Å². The van der Waals surface area contributed by atoms with Crippen LogP contribution in [0, 0.1) is 0 Å². The summed E-state index contributed by atoms with van der Waals surface area (Å²) in [5.74, 6) is 0. The minimum absolute atomic E-state index is 0.590. The molecule has 0 aliphatic rings. The van der Waals surface area contributed by atoms with Crippen molar-refractivity contribution in [3.8, 4) is 0 Å². The molecule has 3 N–H and O–H groups in total. The Morgan fingerprint density at radius 2 is 2.10 bits per heavy atom. The van der Waals surface area contributed by atoms with Crippen LogP contribution in [0.4, 0.5) is 0 Å². The maximum atomic E-state index is 8.15. The fraction of sp³-hybridized carbons (Fsp3) is 1.00. The van der Waals surface area contributed by atoms with Crippen LogP contribution in [-0.2, 0) is 4.74 Å². The summed E-state index contributed by atoms with van der Waals surface area (Å²) in [4.78, 5) is 0. The molecule has 0 aliphatic heterocycles. The Morgan fingerprint density at radius 3 is 2.70 bits per heavy atom. The molecule has 0 rings (SSSR count). The Morgan fingerprint density at radius 1 is 1.30 bits per heavy atom. The number of hydrogen-bond acceptors (Lipinski definition) is 4. The third kappa shape index (κ3) is 7.84. The molecule has 0 aromatic heterocycles. The average molecular weight is 148 g/mol. The van der Waals surface area contributed by atoms with Crippen molar-refractivity contribution in [1.82, 2.24) is 10.8 Å². The summed E-state index contributed by atoms with van der Waals surface area (Å²) < 4.78 is 4.84. The molecule has 0 aromatic carbocycles. The van der Waals surface area contributed by atoms with Gasteiger partial charge < -0.3 is 15.3 Å². The zero-order chi connectivity index (χ0) is 7.66. The second-order valence-corrected chi connectivity index (χ2v) is 2.00. The summed E-state index contributed by atoms with van der Waals surface area (Å²) in [6.07, 6.45) is 1.02. The molecule has 4 nitrogen and oxygen atoms in total. The highest BCUT2D eigenvalue weighted by Crippen LogP contribution is 1.75. The van der Waals surface area contributed by atoms with Crippen molar-refractivity contribution in [3.63, 3.8) is 0 Å². The molecule has 0 aliphatic carbocycles. The van der Waals surface area contributed by atoms with E-state index >= 15 is 0 Å². The van der Waals surface area contributed by atoms with Gasteiger partial charge in [-0.25, -0.2) is 5.48 Å². The second-order valence-electron chi connectivity index (χ2n) is 2.00. The van der Waals surface area contributed by atoms with Gasteiger partial charge in [-0.15, -0.1) is 0 Å². The molecular weight excluding hydrogens is 132 g/mol. The number of ether oxygens (including phenoxy) is 1. The molecule has 0 bridgehead atoms. The molecule has 4 heteroatoms. The van der Waals surface area contributed by atoms with E-state index in [1.54, 1.807) is 7.11 Å². The lowest BCUT2D eigenvalue weighted by atomic mass is 10.4. The van der Waals surface area contributed by atoms with Crippen LogP contribution < -0.4 is 10.8 Å². The van der Waals surface area contributed by atoms with Crippen LogP contribution in [0.5, 0.6) is 0 Å². The van der Waals surface area contributed by atoms with E-state index in [1.807, 2.05) is 0 Å². The van der Waals surface area contributed by atoms with E-state index in [0.29, 0.717) is 6.54 Å². The van der Waals surface area contributed by atoms with Gasteiger partial charge in [0.1, 0.15) is 0 Å². The number of hydroxylamine groups is 1. The van der Waals surface area contributed by atoms with Gasteiger partial charge in [0.25, 0.3) is 0 Å². The monoisotopic (exact) mass is 148 g/mol. The fourth-order valence-electron chi connectivity index (χ4n) is 0.611. The summed E-state index contributed by atoms with van der Waals surface area (Å²) in [7, 11) is 1.69. The van der Waals surface area contributed by atoms with E-state index in [9.17, 15) is 0 Å². The van der Waals surface area contributed by atoms with Gasteiger partial charge in [0.2, 0.25) is 0 Å². The second kappa shape index (κ2) is 8.84. The maximum Gasteiger partial charge on any atom is 0.0474 e. The Kier molecular flexibility index (Phi) is 8.70. The summed E-state index contributed by atoms with van der Waals surface area (Å²) in [6.45, 7) is 3.11. The Balaban J connectivity index is 2.65. The van der Waals surface area contributed by atoms with Crippen molar-refractivity contribution >= 4 is 0 Å². The standard InChI is InChI=1S/C6H16N2O2/c1-10-6-2-3-7-4-5-8-9/h7-9H,2-6H2,1H3. The predicted octanol–water partition coefficient (Wildman–Crippen LogP) is -0.409. The molecule has 0 saturated heterocycles. The van der Waals surface area contributed by atoms with Crippen LogP contribution in [0.3, 0.4) is 0 Å². The molecule has 0 spiro atoms. The summed E-state index contributed by atoms with van der Waals surface area (Å²) >= 11 is 0. The predicted molar refractivity (Wildman–Crippen MR) is 39.2 cm³/mol. The van der Waals surface area contributed by atoms with Crippen molar-refractivity contribution in [1.29, 1.82) is 0 Å². The van der Waals surface area contributed by atoms with E-state index in [1.165, 1.54) is 0 Å². The first-order valence-electron chi connectivity index (χ1n) is 3.48. The zero-order valence-corrected chi connectivity index (χ0v) is 6.39. The molecule has 0 amide bonds. The first kappa shape index (κ1) is 9.84. The highest BCUT2D eigenvalue weighted by Gasteiger charge is 1.85. The van der Waals surface area contributed by atoms with Crippen molar-refractivity contribution in [2.24, 2.45) is 0 Å². The number of nitrogens with one attached hydrogen (secondary N) is 2. The third-order valence-electron chi connectivity index (χ3n) is 1.12. The van der Waals surface area contributed by atoms with E-state index in [2.05, 4.69) is 10.8 Å². The van der Waals surface area contributed by atoms with Crippen LogP contribution in [0.25, 0.3) is 0 Å². The van der Waals surface area contributed by atoms with Gasteiger partial charge in [0.05, 0.1) is 0 Å². The van der Waals surface area contributed by atoms with Gasteiger partial charge in [-0.3, -0.25) is 0 Å². The van der Waals surface area contributed by atoms with E-state index in [4.69, 9.17) is 9.94 Å². The number of hydrogen-bond donors (Lipinski definition) is 3. The minimum Gasteiger partial charge on any atom is -0.385 e. The molecule has 62 valence electrons. The van der Waals surface area contributed by atoms with Gasteiger partial charge in [-0.05, 0) is 13.0 Å². The molecular formula is C6H16N2O2. The molecule has 0 saturated carbocycles. The highest BCUT2D eigenvalue weighted by molar-refractivity contribution is 4.46. The van der Waals surface area contributed by atoms with Gasteiger partial charge in [-0.1, -0.05) is 0 Å². The Bertz CT molecular complexity index is 53.7. The normalized spacial score (nSPS) is 10.2. The van der Waals surface area contributed by atoms with Crippen LogP contribution in [0.2, 0.25) is 0 Å². The van der Waals surface area contributed by atoms with Gasteiger partial charge in [0.15, 0.2) is 0 Å². The fourth-order valence-corrected chi connectivity index (χ4v) is 0.611. The average Bonchev–Trinajstić information content (AvgIpc) is 1.97. The lowest BCUT2D eigenvalue weighted by Crippen LogP contribution is -2.26. The summed E-state index contributed by atoms with van der Waals surface area (Å²) in [6, 6.07) is 0. The van der Waals surface area contributed by atoms with Crippen molar-refractivity contribution in [2.45, 2.75) is 6.42 Å². The lowest BCUT2D eigenvalue weighted by molar-refractivity contribution is 0.166. The SMILES string of the molecule is COCCCNCCNO. The number of methoxy groups -OCH3 is 1. The van der Waals surface area contributed by atoms with Crippen molar-refractivity contribution in [2.75, 3.05) is 33.4 Å². The van der Waals surface area contributed by atoms with Gasteiger partial charge in [-0.2, -0.15) is 0 Å². The van der Waals surface area contributed by atoms with Crippen LogP contribution >= 0.6 is 0 Å². The molecule has 0 unspecified atom stereocenters. The minimum atomic E-state index is 0.590. The topological polar surface area (TPSA) is 53.5 Å². The molecule has 0 radical (unpaired) electrons. The van der Waals surface area contributed by atoms with Gasteiger partial charge in [0, 0.05) is 26.8 Å². The zero-order valence-electron chi connectivity index (χ0n) is 6.39. The van der Waals surface area contributed by atoms with Crippen molar-refractivity contribution < 1.29 is 9.94 Å². The van der Waals surface area contributed by atoms with E-state index in [0.717, 1.165) is 26.1 Å².